The second-order valence-electron chi connectivity index (χ2n) is 7.85. The van der Waals surface area contributed by atoms with E-state index in [0.29, 0.717) is 42.7 Å². The van der Waals surface area contributed by atoms with E-state index in [2.05, 4.69) is 24.1 Å². The van der Waals surface area contributed by atoms with Gasteiger partial charge in [-0.1, -0.05) is 13.8 Å². The molecule has 2 aliphatic heterocycles. The topological polar surface area (TPSA) is 67.9 Å². The van der Waals surface area contributed by atoms with Crippen LogP contribution in [-0.4, -0.2) is 55.5 Å². The van der Waals surface area contributed by atoms with Gasteiger partial charge in [0.05, 0.1) is 6.04 Å². The maximum atomic E-state index is 12.9. The number of benzene rings is 1. The summed E-state index contributed by atoms with van der Waals surface area (Å²) >= 11 is 0. The molecule has 0 radical (unpaired) electrons. The Kier molecular flexibility index (Phi) is 6.37. The molecule has 2 aliphatic rings. The number of piperidine rings is 1. The number of amides is 1. The molecule has 3 rings (SSSR count). The highest BCUT2D eigenvalue weighted by molar-refractivity contribution is 5.98. The number of rotatable bonds is 6. The van der Waals surface area contributed by atoms with Gasteiger partial charge in [-0.2, -0.15) is 0 Å². The summed E-state index contributed by atoms with van der Waals surface area (Å²) in [5.74, 6) is 2.02. The predicted molar refractivity (Wildman–Crippen MR) is 103 cm³/mol. The van der Waals surface area contributed by atoms with Gasteiger partial charge in [0, 0.05) is 18.0 Å². The van der Waals surface area contributed by atoms with Crippen molar-refractivity contribution in [2.75, 3.05) is 32.8 Å². The average Bonchev–Trinajstić information content (AvgIpc) is 2.70. The summed E-state index contributed by atoms with van der Waals surface area (Å²) in [6.07, 6.45) is 1.55. The summed E-state index contributed by atoms with van der Waals surface area (Å²) < 4.78 is 11.1. The number of hydrogen-bond donors (Lipinski definition) is 1. The molecule has 0 aromatic heterocycles. The van der Waals surface area contributed by atoms with Gasteiger partial charge in [-0.05, 0) is 57.0 Å². The van der Waals surface area contributed by atoms with Crippen LogP contribution in [0.15, 0.2) is 18.2 Å². The molecule has 27 heavy (non-hydrogen) atoms. The van der Waals surface area contributed by atoms with Gasteiger partial charge in [0.15, 0.2) is 17.3 Å². The molecule has 1 saturated heterocycles. The SMILES string of the molecule is CC(C)CNC(=O)C(C)N1CCC(C(=O)c2ccc3c(c2)OCCO3)CC1. The Morgan fingerprint density at radius 3 is 2.44 bits per heavy atom. The lowest BCUT2D eigenvalue weighted by Gasteiger charge is -2.35. The zero-order valence-corrected chi connectivity index (χ0v) is 16.5. The minimum atomic E-state index is -0.158. The number of fused-ring (bicyclic) bond motifs is 1. The van der Waals surface area contributed by atoms with E-state index in [0.717, 1.165) is 25.9 Å². The normalized spacial score (nSPS) is 19.0. The summed E-state index contributed by atoms with van der Waals surface area (Å²) in [4.78, 5) is 27.3. The summed E-state index contributed by atoms with van der Waals surface area (Å²) in [5.41, 5.74) is 0.681. The fraction of sp³-hybridized carbons (Fsp3) is 0.619. The lowest BCUT2D eigenvalue weighted by molar-refractivity contribution is -0.126. The number of nitrogens with zero attached hydrogens (tertiary/aromatic N) is 1. The Labute approximate surface area is 161 Å². The van der Waals surface area contributed by atoms with Crippen molar-refractivity contribution in [3.8, 4) is 11.5 Å². The highest BCUT2D eigenvalue weighted by Crippen LogP contribution is 2.32. The largest absolute Gasteiger partial charge is 0.486 e. The van der Waals surface area contributed by atoms with Crippen molar-refractivity contribution in [1.82, 2.24) is 10.2 Å². The van der Waals surface area contributed by atoms with E-state index >= 15 is 0 Å². The zero-order chi connectivity index (χ0) is 19.4. The van der Waals surface area contributed by atoms with Crippen molar-refractivity contribution in [3.63, 3.8) is 0 Å². The first-order valence-electron chi connectivity index (χ1n) is 9.91. The molecule has 1 N–H and O–H groups in total. The molecule has 1 atom stereocenters. The van der Waals surface area contributed by atoms with E-state index in [1.165, 1.54) is 0 Å². The second-order valence-corrected chi connectivity index (χ2v) is 7.85. The number of ketones is 1. The first-order valence-corrected chi connectivity index (χ1v) is 9.91. The van der Waals surface area contributed by atoms with Crippen LogP contribution in [0.3, 0.4) is 0 Å². The van der Waals surface area contributed by atoms with Crippen molar-refractivity contribution in [1.29, 1.82) is 0 Å². The maximum absolute atomic E-state index is 12.9. The monoisotopic (exact) mass is 374 g/mol. The molecule has 6 nitrogen and oxygen atoms in total. The Balaban J connectivity index is 1.54. The third kappa shape index (κ3) is 4.80. The fourth-order valence-corrected chi connectivity index (χ4v) is 3.60. The molecule has 1 amide bonds. The molecule has 148 valence electrons. The number of carbonyl (C=O) groups excluding carboxylic acids is 2. The van der Waals surface area contributed by atoms with Crippen LogP contribution in [0, 0.1) is 11.8 Å². The van der Waals surface area contributed by atoms with E-state index in [4.69, 9.17) is 9.47 Å². The molecule has 2 heterocycles. The first kappa shape index (κ1) is 19.7. The van der Waals surface area contributed by atoms with Crippen molar-refractivity contribution in [3.05, 3.63) is 23.8 Å². The Bertz CT molecular complexity index is 681. The minimum absolute atomic E-state index is 0.00488. The molecular weight excluding hydrogens is 344 g/mol. The summed E-state index contributed by atoms with van der Waals surface area (Å²) in [5, 5.41) is 2.99. The summed E-state index contributed by atoms with van der Waals surface area (Å²) in [6.45, 7) is 9.39. The van der Waals surface area contributed by atoms with Gasteiger partial charge in [-0.25, -0.2) is 0 Å². The van der Waals surface area contributed by atoms with Crippen LogP contribution < -0.4 is 14.8 Å². The van der Waals surface area contributed by atoms with Crippen LogP contribution in [0.25, 0.3) is 0 Å². The zero-order valence-electron chi connectivity index (χ0n) is 16.5. The lowest BCUT2D eigenvalue weighted by Crippen LogP contribution is -2.49. The molecule has 6 heteroatoms. The summed E-state index contributed by atoms with van der Waals surface area (Å²) in [7, 11) is 0. The van der Waals surface area contributed by atoms with Crippen molar-refractivity contribution in [2.24, 2.45) is 11.8 Å². The lowest BCUT2D eigenvalue weighted by atomic mass is 9.88. The third-order valence-corrected chi connectivity index (χ3v) is 5.34. The van der Waals surface area contributed by atoms with E-state index in [-0.39, 0.29) is 23.7 Å². The van der Waals surface area contributed by atoms with Crippen LogP contribution in [0.1, 0.15) is 44.0 Å². The Hall–Kier alpha value is -2.08. The van der Waals surface area contributed by atoms with Crippen molar-refractivity contribution >= 4 is 11.7 Å². The molecule has 1 aromatic rings. The Morgan fingerprint density at radius 1 is 1.11 bits per heavy atom. The van der Waals surface area contributed by atoms with Crippen molar-refractivity contribution in [2.45, 2.75) is 39.7 Å². The van der Waals surface area contributed by atoms with Crippen LogP contribution in [0.5, 0.6) is 11.5 Å². The van der Waals surface area contributed by atoms with Gasteiger partial charge in [0.1, 0.15) is 13.2 Å². The molecule has 0 aliphatic carbocycles. The maximum Gasteiger partial charge on any atom is 0.237 e. The molecule has 0 spiro atoms. The molecule has 1 fully saturated rings. The van der Waals surface area contributed by atoms with Gasteiger partial charge in [-0.3, -0.25) is 14.5 Å². The molecular formula is C21H30N2O4. The number of hydrogen-bond acceptors (Lipinski definition) is 5. The minimum Gasteiger partial charge on any atom is -0.486 e. The number of carbonyl (C=O) groups is 2. The second kappa shape index (κ2) is 8.74. The van der Waals surface area contributed by atoms with Gasteiger partial charge in [0.25, 0.3) is 0 Å². The van der Waals surface area contributed by atoms with Crippen LogP contribution in [0.2, 0.25) is 0 Å². The Morgan fingerprint density at radius 2 is 1.78 bits per heavy atom. The fourth-order valence-electron chi connectivity index (χ4n) is 3.60. The number of likely N-dealkylation sites (tertiary alicyclic amines) is 1. The average molecular weight is 374 g/mol. The van der Waals surface area contributed by atoms with Crippen LogP contribution >= 0.6 is 0 Å². The quantitative estimate of drug-likeness (QED) is 0.775. The third-order valence-electron chi connectivity index (χ3n) is 5.34. The standard InChI is InChI=1S/C21H30N2O4/c1-14(2)13-22-21(25)15(3)23-8-6-16(7-9-23)20(24)17-4-5-18-19(12-17)27-11-10-26-18/h4-5,12,14-16H,6-11,13H2,1-3H3,(H,22,25). The number of Topliss-reactive ketones (excluding diaryl/α,β-unsaturated/α-hetero) is 1. The highest BCUT2D eigenvalue weighted by atomic mass is 16.6. The first-order chi connectivity index (χ1) is 13.0. The molecule has 0 saturated carbocycles. The number of ether oxygens (including phenoxy) is 2. The van der Waals surface area contributed by atoms with Gasteiger partial charge in [-0.15, -0.1) is 0 Å². The van der Waals surface area contributed by atoms with E-state index < -0.39 is 0 Å². The predicted octanol–water partition coefficient (Wildman–Crippen LogP) is 2.51. The van der Waals surface area contributed by atoms with Crippen molar-refractivity contribution < 1.29 is 19.1 Å². The van der Waals surface area contributed by atoms with Crippen LogP contribution in [0.4, 0.5) is 0 Å². The molecule has 1 unspecified atom stereocenters. The number of nitrogens with one attached hydrogen (secondary N) is 1. The van der Waals surface area contributed by atoms with Gasteiger partial charge < -0.3 is 14.8 Å². The van der Waals surface area contributed by atoms with Gasteiger partial charge >= 0.3 is 0 Å². The van der Waals surface area contributed by atoms with Gasteiger partial charge in [0.2, 0.25) is 5.91 Å². The molecule has 1 aromatic carbocycles. The molecule has 0 bridgehead atoms. The van der Waals surface area contributed by atoms with E-state index in [1.807, 2.05) is 19.1 Å². The summed E-state index contributed by atoms with van der Waals surface area (Å²) in [6, 6.07) is 5.28. The van der Waals surface area contributed by atoms with Crippen LogP contribution in [-0.2, 0) is 4.79 Å². The smallest absolute Gasteiger partial charge is 0.237 e. The highest BCUT2D eigenvalue weighted by Gasteiger charge is 2.30. The van der Waals surface area contributed by atoms with E-state index in [1.54, 1.807) is 6.07 Å². The van der Waals surface area contributed by atoms with E-state index in [9.17, 15) is 9.59 Å².